The summed E-state index contributed by atoms with van der Waals surface area (Å²) in [4.78, 5) is 0.657. The molecule has 2 unspecified atom stereocenters. The zero-order valence-electron chi connectivity index (χ0n) is 12.8. The predicted molar refractivity (Wildman–Crippen MR) is 87.8 cm³/mol. The molecule has 0 bridgehead atoms. The molecule has 0 radical (unpaired) electrons. The number of hydrogen-bond acceptors (Lipinski definition) is 1. The normalized spacial score (nSPS) is 28.4. The summed E-state index contributed by atoms with van der Waals surface area (Å²) in [5.41, 5.74) is 1.87. The van der Waals surface area contributed by atoms with Crippen LogP contribution in [0.1, 0.15) is 58.4 Å². The molecule has 0 heterocycles. The second kappa shape index (κ2) is 5.05. The zero-order chi connectivity index (χ0) is 14.4. The van der Waals surface area contributed by atoms with Crippen molar-refractivity contribution in [1.82, 2.24) is 0 Å². The Kier molecular flexibility index (Phi) is 3.64. The summed E-state index contributed by atoms with van der Waals surface area (Å²) < 4.78 is 6.49. The van der Waals surface area contributed by atoms with Gasteiger partial charge in [-0.05, 0) is 36.3 Å². The summed E-state index contributed by atoms with van der Waals surface area (Å²) >= 11 is 3.88. The van der Waals surface area contributed by atoms with Crippen LogP contribution in [0, 0.1) is 5.41 Å². The van der Waals surface area contributed by atoms with Crippen molar-refractivity contribution in [2.45, 2.75) is 69.2 Å². The molecule has 3 rings (SSSR count). The van der Waals surface area contributed by atoms with E-state index in [9.17, 15) is 0 Å². The largest absolute Gasteiger partial charge is 0.489 e. The van der Waals surface area contributed by atoms with Crippen molar-refractivity contribution < 1.29 is 4.74 Å². The lowest BCUT2D eigenvalue weighted by Crippen LogP contribution is -2.55. The van der Waals surface area contributed by atoms with Crippen LogP contribution in [0.25, 0.3) is 0 Å². The fourth-order valence-corrected chi connectivity index (χ4v) is 4.97. The van der Waals surface area contributed by atoms with E-state index in [1.807, 2.05) is 0 Å². The summed E-state index contributed by atoms with van der Waals surface area (Å²) in [5, 5.41) is 0. The lowest BCUT2D eigenvalue weighted by molar-refractivity contribution is -0.0313. The van der Waals surface area contributed by atoms with Gasteiger partial charge in [-0.2, -0.15) is 0 Å². The summed E-state index contributed by atoms with van der Waals surface area (Å²) in [5.74, 6) is 1.09. The van der Waals surface area contributed by atoms with Crippen LogP contribution in [0.4, 0.5) is 0 Å². The molecule has 1 aromatic carbocycles. The minimum atomic E-state index is 0.136. The molecule has 110 valence electrons. The molecule has 0 aromatic heterocycles. The molecular weight excluding hydrogens is 312 g/mol. The Morgan fingerprint density at radius 2 is 1.80 bits per heavy atom. The number of hydrogen-bond donors (Lipinski definition) is 0. The molecule has 0 amide bonds. The second-order valence-corrected chi connectivity index (χ2v) is 8.60. The first kappa shape index (κ1) is 14.4. The van der Waals surface area contributed by atoms with Crippen LogP contribution in [-0.4, -0.2) is 10.9 Å². The first-order valence-electron chi connectivity index (χ1n) is 7.84. The highest BCUT2D eigenvalue weighted by atomic mass is 79.9. The smallest absolute Gasteiger partial charge is 0.123 e. The molecule has 0 saturated heterocycles. The molecule has 0 N–H and O–H groups in total. The van der Waals surface area contributed by atoms with Crippen LogP contribution in [-0.2, 0) is 5.41 Å². The first-order chi connectivity index (χ1) is 9.43. The van der Waals surface area contributed by atoms with Crippen molar-refractivity contribution in [1.29, 1.82) is 0 Å². The maximum absolute atomic E-state index is 6.49. The van der Waals surface area contributed by atoms with E-state index in [0.717, 1.165) is 12.2 Å². The fraction of sp³-hybridized carbons (Fsp3) is 0.667. The summed E-state index contributed by atoms with van der Waals surface area (Å²) in [6.45, 7) is 6.78. The number of benzene rings is 1. The Hall–Kier alpha value is -0.500. The van der Waals surface area contributed by atoms with E-state index < -0.39 is 0 Å². The van der Waals surface area contributed by atoms with Gasteiger partial charge in [-0.15, -0.1) is 0 Å². The summed E-state index contributed by atoms with van der Waals surface area (Å²) in [7, 11) is 0. The molecule has 2 aliphatic rings. The highest BCUT2D eigenvalue weighted by molar-refractivity contribution is 9.09. The van der Waals surface area contributed by atoms with E-state index in [2.05, 4.69) is 61.0 Å². The monoisotopic (exact) mass is 336 g/mol. The highest BCUT2D eigenvalue weighted by Gasteiger charge is 2.56. The third-order valence-corrected chi connectivity index (χ3v) is 6.47. The summed E-state index contributed by atoms with van der Waals surface area (Å²) in [6.07, 6.45) is 6.93. The maximum atomic E-state index is 6.49. The van der Waals surface area contributed by atoms with Gasteiger partial charge in [0.1, 0.15) is 11.9 Å². The van der Waals surface area contributed by atoms with Crippen LogP contribution in [0.5, 0.6) is 5.75 Å². The number of ether oxygens (including phenoxy) is 1. The average molecular weight is 337 g/mol. The third-order valence-electron chi connectivity index (χ3n) is 5.18. The second-order valence-electron chi connectivity index (χ2n) is 7.50. The van der Waals surface area contributed by atoms with Crippen molar-refractivity contribution >= 4 is 15.9 Å². The minimum absolute atomic E-state index is 0.136. The van der Waals surface area contributed by atoms with Crippen molar-refractivity contribution in [2.75, 3.05) is 0 Å². The molecule has 1 spiro atoms. The standard InChI is InChI=1S/C18H25BrO/c1-17(2,3)13-8-4-5-9-14(13)20-16-12-15(19)18(16)10-6-7-11-18/h4-5,8-9,15-16H,6-7,10-12H2,1-3H3. The Balaban J connectivity index is 1.83. The Bertz CT molecular complexity index is 482. The Labute approximate surface area is 131 Å². The Morgan fingerprint density at radius 1 is 1.15 bits per heavy atom. The molecule has 2 aliphatic carbocycles. The van der Waals surface area contributed by atoms with Gasteiger partial charge < -0.3 is 4.74 Å². The van der Waals surface area contributed by atoms with E-state index >= 15 is 0 Å². The van der Waals surface area contributed by atoms with Crippen LogP contribution in [0.2, 0.25) is 0 Å². The van der Waals surface area contributed by atoms with Crippen molar-refractivity contribution in [3.8, 4) is 5.75 Å². The molecule has 1 aromatic rings. The molecule has 0 aliphatic heterocycles. The maximum Gasteiger partial charge on any atom is 0.123 e. The molecule has 2 fully saturated rings. The lowest BCUT2D eigenvalue weighted by atomic mass is 9.64. The average Bonchev–Trinajstić information content (AvgIpc) is 2.90. The fourth-order valence-electron chi connectivity index (χ4n) is 3.87. The van der Waals surface area contributed by atoms with Gasteiger partial charge in [0.2, 0.25) is 0 Å². The molecule has 2 heteroatoms. The molecule has 2 saturated carbocycles. The first-order valence-corrected chi connectivity index (χ1v) is 8.75. The quantitative estimate of drug-likeness (QED) is 0.651. The van der Waals surface area contributed by atoms with Crippen LogP contribution in [0.15, 0.2) is 24.3 Å². The lowest BCUT2D eigenvalue weighted by Gasteiger charge is -2.51. The van der Waals surface area contributed by atoms with Gasteiger partial charge in [0.15, 0.2) is 0 Å². The van der Waals surface area contributed by atoms with Crippen molar-refractivity contribution in [3.05, 3.63) is 29.8 Å². The third kappa shape index (κ3) is 2.30. The van der Waals surface area contributed by atoms with Crippen LogP contribution in [0.3, 0.4) is 0 Å². The van der Waals surface area contributed by atoms with Crippen molar-refractivity contribution in [3.63, 3.8) is 0 Å². The van der Waals surface area contributed by atoms with Gasteiger partial charge >= 0.3 is 0 Å². The van der Waals surface area contributed by atoms with E-state index in [4.69, 9.17) is 4.74 Å². The molecular formula is C18H25BrO. The predicted octanol–water partition coefficient (Wildman–Crippen LogP) is 5.46. The van der Waals surface area contributed by atoms with Gasteiger partial charge in [0.05, 0.1) is 0 Å². The number of halogens is 1. The summed E-state index contributed by atoms with van der Waals surface area (Å²) in [6, 6.07) is 8.56. The van der Waals surface area contributed by atoms with E-state index in [1.165, 1.54) is 31.2 Å². The van der Waals surface area contributed by atoms with Crippen molar-refractivity contribution in [2.24, 2.45) is 5.41 Å². The number of rotatable bonds is 2. The molecule has 2 atom stereocenters. The van der Waals surface area contributed by atoms with Gasteiger partial charge in [0.25, 0.3) is 0 Å². The number of alkyl halides is 1. The van der Waals surface area contributed by atoms with Gasteiger partial charge in [0, 0.05) is 10.2 Å². The van der Waals surface area contributed by atoms with E-state index in [-0.39, 0.29) is 5.41 Å². The van der Waals surface area contributed by atoms with Gasteiger partial charge in [-0.1, -0.05) is 67.7 Å². The Morgan fingerprint density at radius 3 is 2.40 bits per heavy atom. The molecule has 20 heavy (non-hydrogen) atoms. The van der Waals surface area contributed by atoms with Gasteiger partial charge in [-0.3, -0.25) is 0 Å². The van der Waals surface area contributed by atoms with Gasteiger partial charge in [-0.25, -0.2) is 0 Å². The van der Waals surface area contributed by atoms with E-state index in [1.54, 1.807) is 0 Å². The SMILES string of the molecule is CC(C)(C)c1ccccc1OC1CC(Br)C12CCCC2. The van der Waals surface area contributed by atoms with Crippen LogP contribution >= 0.6 is 15.9 Å². The minimum Gasteiger partial charge on any atom is -0.489 e. The van der Waals surface area contributed by atoms with E-state index in [0.29, 0.717) is 16.3 Å². The zero-order valence-corrected chi connectivity index (χ0v) is 14.4. The molecule has 1 nitrogen and oxygen atoms in total. The topological polar surface area (TPSA) is 9.23 Å². The van der Waals surface area contributed by atoms with Crippen LogP contribution < -0.4 is 4.74 Å². The highest BCUT2D eigenvalue weighted by Crippen LogP contribution is 2.58. The number of para-hydroxylation sites is 1.